The van der Waals surface area contributed by atoms with Crippen LogP contribution in [-0.2, 0) is 6.54 Å². The summed E-state index contributed by atoms with van der Waals surface area (Å²) in [5.41, 5.74) is 2.02. The third kappa shape index (κ3) is 3.57. The summed E-state index contributed by atoms with van der Waals surface area (Å²) in [6.45, 7) is 3.15. The van der Waals surface area contributed by atoms with Gasteiger partial charge in [-0.05, 0) is 49.2 Å². The van der Waals surface area contributed by atoms with Crippen LogP contribution in [0.4, 0.5) is 0 Å². The minimum absolute atomic E-state index is 0.0349. The third-order valence-corrected chi connectivity index (χ3v) is 4.09. The molecule has 3 rings (SSSR count). The Morgan fingerprint density at radius 2 is 1.83 bits per heavy atom. The monoisotopic (exact) mass is 327 g/mol. The molecule has 1 heterocycles. The lowest BCUT2D eigenvalue weighted by Crippen LogP contribution is -2.21. The fraction of sp³-hybridized carbons (Fsp3) is 0.211. The lowest BCUT2D eigenvalue weighted by molar-refractivity contribution is 0.302. The highest BCUT2D eigenvalue weighted by atomic mass is 35.5. The van der Waals surface area contributed by atoms with Crippen molar-refractivity contribution in [2.24, 2.45) is 0 Å². The molecule has 0 spiro atoms. The van der Waals surface area contributed by atoms with Gasteiger partial charge in [-0.25, -0.2) is 0 Å². The Labute approximate surface area is 140 Å². The second-order valence-corrected chi connectivity index (χ2v) is 5.93. The Hall–Kier alpha value is -2.26. The Bertz CT molecular complexity index is 869. The molecule has 0 amide bonds. The van der Waals surface area contributed by atoms with E-state index in [0.29, 0.717) is 18.2 Å². The number of halogens is 1. The normalized spacial score (nSPS) is 10.9. The first-order valence-electron chi connectivity index (χ1n) is 7.63. The molecule has 0 saturated heterocycles. The van der Waals surface area contributed by atoms with Crippen LogP contribution in [0.3, 0.4) is 0 Å². The zero-order valence-corrected chi connectivity index (χ0v) is 13.7. The van der Waals surface area contributed by atoms with E-state index in [4.69, 9.17) is 16.3 Å². The molecule has 0 fully saturated rings. The summed E-state index contributed by atoms with van der Waals surface area (Å²) in [6, 6.07) is 17.0. The van der Waals surface area contributed by atoms with E-state index in [1.807, 2.05) is 47.9 Å². The Morgan fingerprint density at radius 1 is 1.09 bits per heavy atom. The lowest BCUT2D eigenvalue weighted by atomic mass is 10.1. The summed E-state index contributed by atoms with van der Waals surface area (Å²) in [5, 5.41) is 1.81. The summed E-state index contributed by atoms with van der Waals surface area (Å²) in [5.74, 6) is 0.788. The topological polar surface area (TPSA) is 31.2 Å². The zero-order valence-electron chi connectivity index (χ0n) is 13.0. The number of hydrogen-bond acceptors (Lipinski definition) is 2. The Morgan fingerprint density at radius 3 is 2.61 bits per heavy atom. The number of pyridine rings is 1. The van der Waals surface area contributed by atoms with Crippen LogP contribution in [0.5, 0.6) is 5.75 Å². The maximum absolute atomic E-state index is 12.3. The molecule has 2 aromatic carbocycles. The van der Waals surface area contributed by atoms with Gasteiger partial charge in [0.15, 0.2) is 0 Å². The van der Waals surface area contributed by atoms with E-state index in [1.54, 1.807) is 18.2 Å². The van der Waals surface area contributed by atoms with Gasteiger partial charge in [-0.3, -0.25) is 4.79 Å². The van der Waals surface area contributed by atoms with Gasteiger partial charge >= 0.3 is 0 Å². The fourth-order valence-electron chi connectivity index (χ4n) is 2.68. The van der Waals surface area contributed by atoms with Gasteiger partial charge < -0.3 is 9.30 Å². The molecule has 1 aromatic heterocycles. The molecule has 0 aliphatic rings. The molecule has 118 valence electrons. The largest absolute Gasteiger partial charge is 0.494 e. The van der Waals surface area contributed by atoms with Gasteiger partial charge in [0.2, 0.25) is 0 Å². The standard InChI is InChI=1S/C19H18ClNO2/c1-14-13-19(22)21(18-6-3-2-5-17(14)18)11-4-12-23-16-9-7-15(20)8-10-16/h2-3,5-10,13H,4,11-12H2,1H3. The van der Waals surface area contributed by atoms with Gasteiger partial charge in [-0.2, -0.15) is 0 Å². The number of hydrogen-bond donors (Lipinski definition) is 0. The molecule has 23 heavy (non-hydrogen) atoms. The Balaban J connectivity index is 1.70. The molecule has 0 atom stereocenters. The molecule has 0 bridgehead atoms. The van der Waals surface area contributed by atoms with E-state index < -0.39 is 0 Å². The summed E-state index contributed by atoms with van der Waals surface area (Å²) in [7, 11) is 0. The van der Waals surface area contributed by atoms with Crippen molar-refractivity contribution in [3.8, 4) is 5.75 Å². The van der Waals surface area contributed by atoms with Crippen molar-refractivity contribution in [3.63, 3.8) is 0 Å². The molecule has 4 heteroatoms. The van der Waals surface area contributed by atoms with Gasteiger partial charge in [-0.15, -0.1) is 0 Å². The van der Waals surface area contributed by atoms with Crippen molar-refractivity contribution < 1.29 is 4.74 Å². The molecular formula is C19H18ClNO2. The highest BCUT2D eigenvalue weighted by Crippen LogP contribution is 2.17. The van der Waals surface area contributed by atoms with Gasteiger partial charge in [0.25, 0.3) is 5.56 Å². The van der Waals surface area contributed by atoms with E-state index in [0.717, 1.165) is 28.6 Å². The average Bonchev–Trinajstić information content (AvgIpc) is 2.55. The minimum atomic E-state index is 0.0349. The second kappa shape index (κ2) is 6.88. The first-order chi connectivity index (χ1) is 11.1. The highest BCUT2D eigenvalue weighted by Gasteiger charge is 2.05. The van der Waals surface area contributed by atoms with E-state index in [2.05, 4.69) is 0 Å². The quantitative estimate of drug-likeness (QED) is 0.649. The van der Waals surface area contributed by atoms with Crippen molar-refractivity contribution in [2.45, 2.75) is 19.9 Å². The predicted octanol–water partition coefficient (Wildman–Crippen LogP) is 4.43. The SMILES string of the molecule is Cc1cc(=O)n(CCCOc2ccc(Cl)cc2)c2ccccc12. The van der Waals surface area contributed by atoms with Crippen LogP contribution < -0.4 is 10.3 Å². The number of aryl methyl sites for hydroxylation is 2. The summed E-state index contributed by atoms with van der Waals surface area (Å²) < 4.78 is 7.50. The first-order valence-corrected chi connectivity index (χ1v) is 8.00. The number of aromatic nitrogens is 1. The van der Waals surface area contributed by atoms with Gasteiger partial charge in [-0.1, -0.05) is 29.8 Å². The fourth-order valence-corrected chi connectivity index (χ4v) is 2.80. The number of rotatable bonds is 5. The number of ether oxygens (including phenoxy) is 1. The molecular weight excluding hydrogens is 310 g/mol. The lowest BCUT2D eigenvalue weighted by Gasteiger charge is -2.12. The second-order valence-electron chi connectivity index (χ2n) is 5.49. The van der Waals surface area contributed by atoms with Crippen molar-refractivity contribution in [1.29, 1.82) is 0 Å². The van der Waals surface area contributed by atoms with Crippen molar-refractivity contribution >= 4 is 22.5 Å². The summed E-state index contributed by atoms with van der Waals surface area (Å²) in [4.78, 5) is 12.3. The number of benzene rings is 2. The van der Waals surface area contributed by atoms with E-state index in [9.17, 15) is 4.79 Å². The molecule has 3 nitrogen and oxygen atoms in total. The summed E-state index contributed by atoms with van der Waals surface area (Å²) >= 11 is 5.85. The molecule has 3 aromatic rings. The van der Waals surface area contributed by atoms with Crippen molar-refractivity contribution in [1.82, 2.24) is 4.57 Å². The molecule has 0 aliphatic heterocycles. The number of nitrogens with zero attached hydrogens (tertiary/aromatic N) is 1. The van der Waals surface area contributed by atoms with Crippen LogP contribution in [0.1, 0.15) is 12.0 Å². The molecule has 0 radical (unpaired) electrons. The van der Waals surface area contributed by atoms with E-state index >= 15 is 0 Å². The number of para-hydroxylation sites is 1. The molecule has 0 saturated carbocycles. The summed E-state index contributed by atoms with van der Waals surface area (Å²) in [6.07, 6.45) is 0.760. The molecule has 0 aliphatic carbocycles. The van der Waals surface area contributed by atoms with Gasteiger partial charge in [0.05, 0.1) is 12.1 Å². The first kappa shape index (κ1) is 15.6. The average molecular weight is 328 g/mol. The van der Waals surface area contributed by atoms with E-state index in [-0.39, 0.29) is 5.56 Å². The van der Waals surface area contributed by atoms with Crippen molar-refractivity contribution in [2.75, 3.05) is 6.61 Å². The van der Waals surface area contributed by atoms with Gasteiger partial charge in [0, 0.05) is 23.0 Å². The van der Waals surface area contributed by atoms with E-state index in [1.165, 1.54) is 0 Å². The van der Waals surface area contributed by atoms with Crippen LogP contribution in [0.15, 0.2) is 59.4 Å². The minimum Gasteiger partial charge on any atom is -0.494 e. The number of fused-ring (bicyclic) bond motifs is 1. The van der Waals surface area contributed by atoms with Crippen LogP contribution >= 0.6 is 11.6 Å². The van der Waals surface area contributed by atoms with Crippen LogP contribution in [-0.4, -0.2) is 11.2 Å². The maximum Gasteiger partial charge on any atom is 0.251 e. The smallest absolute Gasteiger partial charge is 0.251 e. The third-order valence-electron chi connectivity index (χ3n) is 3.83. The maximum atomic E-state index is 12.3. The van der Waals surface area contributed by atoms with Crippen molar-refractivity contribution in [3.05, 3.63) is 75.5 Å². The zero-order chi connectivity index (χ0) is 16.2. The Kier molecular flexibility index (Phi) is 4.68. The van der Waals surface area contributed by atoms with Crippen LogP contribution in [0, 0.1) is 6.92 Å². The van der Waals surface area contributed by atoms with Gasteiger partial charge in [0.1, 0.15) is 5.75 Å². The molecule has 0 unspecified atom stereocenters. The highest BCUT2D eigenvalue weighted by molar-refractivity contribution is 6.30. The molecule has 0 N–H and O–H groups in total. The van der Waals surface area contributed by atoms with Crippen LogP contribution in [0.25, 0.3) is 10.9 Å². The predicted molar refractivity (Wildman–Crippen MR) is 94.5 cm³/mol. The van der Waals surface area contributed by atoms with Crippen LogP contribution in [0.2, 0.25) is 5.02 Å².